The monoisotopic (exact) mass is 404 g/mol. The molecule has 2 aromatic rings. The Morgan fingerprint density at radius 2 is 1.66 bits per heavy atom. The molecule has 2 N–H and O–H groups in total. The number of ether oxygens (including phenoxy) is 2. The molecular formula is C20H18F2N2O5. The Morgan fingerprint density at radius 3 is 2.34 bits per heavy atom. The van der Waals surface area contributed by atoms with Gasteiger partial charge in [0.25, 0.3) is 11.8 Å². The molecule has 0 saturated heterocycles. The summed E-state index contributed by atoms with van der Waals surface area (Å²) in [6, 6.07) is 11.9. The fourth-order valence-electron chi connectivity index (χ4n) is 2.51. The van der Waals surface area contributed by atoms with E-state index in [4.69, 9.17) is 4.74 Å². The third kappa shape index (κ3) is 5.74. The number of anilines is 1. The zero-order chi connectivity index (χ0) is 20.8. The van der Waals surface area contributed by atoms with E-state index in [1.54, 1.807) is 24.3 Å². The molecule has 0 bridgehead atoms. The van der Waals surface area contributed by atoms with Gasteiger partial charge in [-0.3, -0.25) is 9.59 Å². The van der Waals surface area contributed by atoms with E-state index in [0.29, 0.717) is 0 Å². The van der Waals surface area contributed by atoms with Crippen LogP contribution >= 0.6 is 0 Å². The maximum absolute atomic E-state index is 12.4. The first kappa shape index (κ1) is 20.2. The lowest BCUT2D eigenvalue weighted by atomic mass is 10.1. The largest absolute Gasteiger partial charge is 0.452 e. The molecule has 0 atom stereocenters. The summed E-state index contributed by atoms with van der Waals surface area (Å²) in [6.07, 6.45) is 1.85. The molecule has 0 unspecified atom stereocenters. The molecule has 1 fully saturated rings. The lowest BCUT2D eigenvalue weighted by molar-refractivity contribution is -0.119. The highest BCUT2D eigenvalue weighted by atomic mass is 19.3. The van der Waals surface area contributed by atoms with Crippen LogP contribution < -0.4 is 15.4 Å². The molecule has 1 saturated carbocycles. The highest BCUT2D eigenvalue weighted by molar-refractivity contribution is 6.04. The van der Waals surface area contributed by atoms with Gasteiger partial charge < -0.3 is 20.1 Å². The quantitative estimate of drug-likeness (QED) is 0.660. The first-order valence-corrected chi connectivity index (χ1v) is 8.84. The van der Waals surface area contributed by atoms with Crippen LogP contribution in [0.4, 0.5) is 14.5 Å². The number of carbonyl (C=O) groups is 3. The fraction of sp³-hybridized carbons (Fsp3) is 0.250. The van der Waals surface area contributed by atoms with Crippen molar-refractivity contribution >= 4 is 23.5 Å². The Bertz CT molecular complexity index is 915. The van der Waals surface area contributed by atoms with Gasteiger partial charge in [0.15, 0.2) is 6.61 Å². The van der Waals surface area contributed by atoms with Gasteiger partial charge in [-0.05, 0) is 37.1 Å². The highest BCUT2D eigenvalue weighted by Crippen LogP contribution is 2.22. The number of rotatable bonds is 8. The minimum atomic E-state index is -3.11. The van der Waals surface area contributed by atoms with Crippen LogP contribution in [-0.2, 0) is 9.53 Å². The number of alkyl halides is 2. The molecule has 0 aromatic heterocycles. The maximum Gasteiger partial charge on any atom is 0.387 e. The molecule has 1 aliphatic carbocycles. The molecule has 29 heavy (non-hydrogen) atoms. The summed E-state index contributed by atoms with van der Waals surface area (Å²) in [5.74, 6) is -2.33. The number of amides is 2. The van der Waals surface area contributed by atoms with E-state index < -0.39 is 25.1 Å². The summed E-state index contributed by atoms with van der Waals surface area (Å²) in [7, 11) is 0. The molecule has 0 aliphatic heterocycles. The number of halogens is 2. The zero-order valence-electron chi connectivity index (χ0n) is 15.2. The van der Waals surface area contributed by atoms with Crippen molar-refractivity contribution in [2.75, 3.05) is 11.9 Å². The van der Waals surface area contributed by atoms with Gasteiger partial charge in [0.1, 0.15) is 11.3 Å². The minimum absolute atomic E-state index is 0.155. The lowest BCUT2D eigenvalue weighted by Crippen LogP contribution is -2.28. The van der Waals surface area contributed by atoms with Crippen molar-refractivity contribution in [1.82, 2.24) is 5.32 Å². The topological polar surface area (TPSA) is 93.7 Å². The lowest BCUT2D eigenvalue weighted by Gasteiger charge is -2.12. The van der Waals surface area contributed by atoms with Crippen LogP contribution in [0.2, 0.25) is 0 Å². The molecule has 0 heterocycles. The Hall–Kier alpha value is -3.49. The molecule has 3 rings (SSSR count). The van der Waals surface area contributed by atoms with Crippen LogP contribution in [0.25, 0.3) is 0 Å². The third-order valence-corrected chi connectivity index (χ3v) is 4.02. The van der Waals surface area contributed by atoms with Crippen molar-refractivity contribution < 1.29 is 32.6 Å². The third-order valence-electron chi connectivity index (χ3n) is 4.02. The van der Waals surface area contributed by atoms with Crippen LogP contribution in [0, 0.1) is 0 Å². The van der Waals surface area contributed by atoms with E-state index in [0.717, 1.165) is 12.8 Å². The number of carbonyl (C=O) groups excluding carboxylic acids is 3. The van der Waals surface area contributed by atoms with Gasteiger partial charge in [-0.2, -0.15) is 8.78 Å². The molecule has 2 aromatic carbocycles. The standard InChI is InChI=1S/C20H18F2N2O5/c21-20(22)29-16-8-4-2-6-14(16)19(27)28-11-17(25)24-15-7-3-1-5-13(15)18(26)23-12-9-10-12/h1-8,12,20H,9-11H2,(H,23,26)(H,24,25). The van der Waals surface area contributed by atoms with E-state index in [1.165, 1.54) is 24.3 Å². The second kappa shape index (κ2) is 9.13. The highest BCUT2D eigenvalue weighted by Gasteiger charge is 2.25. The number of para-hydroxylation sites is 2. The summed E-state index contributed by atoms with van der Waals surface area (Å²) in [5, 5.41) is 5.34. The normalized spacial score (nSPS) is 12.9. The van der Waals surface area contributed by atoms with Crippen molar-refractivity contribution in [2.24, 2.45) is 0 Å². The van der Waals surface area contributed by atoms with Crippen LogP contribution in [0.3, 0.4) is 0 Å². The zero-order valence-corrected chi connectivity index (χ0v) is 15.2. The molecule has 152 valence electrons. The van der Waals surface area contributed by atoms with Gasteiger partial charge in [0, 0.05) is 6.04 Å². The molecule has 2 amide bonds. The average molecular weight is 404 g/mol. The van der Waals surface area contributed by atoms with Crippen molar-refractivity contribution in [3.63, 3.8) is 0 Å². The first-order chi connectivity index (χ1) is 13.9. The van der Waals surface area contributed by atoms with Gasteiger partial charge >= 0.3 is 12.6 Å². The minimum Gasteiger partial charge on any atom is -0.452 e. The first-order valence-electron chi connectivity index (χ1n) is 8.84. The number of benzene rings is 2. The van der Waals surface area contributed by atoms with Gasteiger partial charge in [-0.25, -0.2) is 4.79 Å². The van der Waals surface area contributed by atoms with Crippen LogP contribution in [0.1, 0.15) is 33.6 Å². The second-order valence-corrected chi connectivity index (χ2v) is 6.29. The van der Waals surface area contributed by atoms with E-state index in [1.807, 2.05) is 0 Å². The second-order valence-electron chi connectivity index (χ2n) is 6.29. The van der Waals surface area contributed by atoms with E-state index in [2.05, 4.69) is 15.4 Å². The summed E-state index contributed by atoms with van der Waals surface area (Å²) >= 11 is 0. The molecule has 7 nitrogen and oxygen atoms in total. The van der Waals surface area contributed by atoms with E-state index in [9.17, 15) is 23.2 Å². The van der Waals surface area contributed by atoms with Crippen molar-refractivity contribution in [3.05, 3.63) is 59.7 Å². The van der Waals surface area contributed by atoms with Crippen molar-refractivity contribution in [2.45, 2.75) is 25.5 Å². The van der Waals surface area contributed by atoms with E-state index in [-0.39, 0.29) is 34.5 Å². The SMILES string of the molecule is O=C(COC(=O)c1ccccc1OC(F)F)Nc1ccccc1C(=O)NC1CC1. The summed E-state index contributed by atoms with van der Waals surface area (Å²) in [4.78, 5) is 36.5. The van der Waals surface area contributed by atoms with Gasteiger partial charge in [0.2, 0.25) is 0 Å². The van der Waals surface area contributed by atoms with Crippen LogP contribution in [0.5, 0.6) is 5.75 Å². The molecular weight excluding hydrogens is 386 g/mol. The number of esters is 1. The molecule has 9 heteroatoms. The molecule has 0 spiro atoms. The number of hydrogen-bond acceptors (Lipinski definition) is 5. The molecule has 1 aliphatic rings. The number of nitrogens with one attached hydrogen (secondary N) is 2. The fourth-order valence-corrected chi connectivity index (χ4v) is 2.51. The summed E-state index contributed by atoms with van der Waals surface area (Å²) in [6.45, 7) is -3.77. The predicted molar refractivity (Wildman–Crippen MR) is 98.9 cm³/mol. The van der Waals surface area contributed by atoms with E-state index >= 15 is 0 Å². The van der Waals surface area contributed by atoms with Crippen molar-refractivity contribution in [3.8, 4) is 5.75 Å². The van der Waals surface area contributed by atoms with Crippen molar-refractivity contribution in [1.29, 1.82) is 0 Å². The maximum atomic E-state index is 12.4. The van der Waals surface area contributed by atoms with Gasteiger partial charge in [-0.15, -0.1) is 0 Å². The van der Waals surface area contributed by atoms with Gasteiger partial charge in [0.05, 0.1) is 11.3 Å². The Morgan fingerprint density at radius 1 is 1.00 bits per heavy atom. The Balaban J connectivity index is 1.59. The molecule has 0 radical (unpaired) electrons. The Labute approximate surface area is 165 Å². The average Bonchev–Trinajstić information content (AvgIpc) is 3.50. The number of hydrogen-bond donors (Lipinski definition) is 2. The summed E-state index contributed by atoms with van der Waals surface area (Å²) < 4.78 is 34.0. The summed E-state index contributed by atoms with van der Waals surface area (Å²) in [5.41, 5.74) is 0.327. The van der Waals surface area contributed by atoms with Crippen LogP contribution in [-0.4, -0.2) is 37.0 Å². The predicted octanol–water partition coefficient (Wildman–Crippen LogP) is 2.98. The van der Waals surface area contributed by atoms with Gasteiger partial charge in [-0.1, -0.05) is 24.3 Å². The smallest absolute Gasteiger partial charge is 0.387 e. The Kier molecular flexibility index (Phi) is 6.38. The van der Waals surface area contributed by atoms with Crippen LogP contribution in [0.15, 0.2) is 48.5 Å².